The second-order valence-corrected chi connectivity index (χ2v) is 5.75. The van der Waals surface area contributed by atoms with Crippen molar-refractivity contribution < 1.29 is 14.3 Å². The van der Waals surface area contributed by atoms with Crippen LogP contribution in [-0.4, -0.2) is 23.0 Å². The average molecular weight is 364 g/mol. The van der Waals surface area contributed by atoms with Gasteiger partial charge in [-0.05, 0) is 36.4 Å². The van der Waals surface area contributed by atoms with E-state index in [-0.39, 0.29) is 18.3 Å². The second kappa shape index (κ2) is 8.77. The van der Waals surface area contributed by atoms with Crippen LogP contribution in [0.5, 0.6) is 11.5 Å². The highest BCUT2D eigenvalue weighted by Gasteiger charge is 2.11. The number of nitrogens with zero attached hydrogens (tertiary/aromatic N) is 2. The quantitative estimate of drug-likeness (QED) is 0.669. The number of para-hydroxylation sites is 1. The molecule has 3 aromatic rings. The van der Waals surface area contributed by atoms with E-state index in [9.17, 15) is 4.79 Å². The maximum absolute atomic E-state index is 12.3. The lowest BCUT2D eigenvalue weighted by Crippen LogP contribution is -2.24. The van der Waals surface area contributed by atoms with Crippen LogP contribution in [0.1, 0.15) is 21.7 Å². The van der Waals surface area contributed by atoms with E-state index in [0.29, 0.717) is 29.3 Å². The third kappa shape index (κ3) is 5.02. The van der Waals surface area contributed by atoms with Crippen LogP contribution in [0.15, 0.2) is 60.8 Å². The fraction of sp³-hybridized carbons (Fsp3) is 0.150. The topological polar surface area (TPSA) is 99.4 Å². The monoisotopic (exact) mass is 364 g/mol. The van der Waals surface area contributed by atoms with Crippen LogP contribution in [0.3, 0.4) is 0 Å². The SMILES string of the molecule is COCc1ccc(C(=O)NCc2ccc(Oc3ccccc3)cn2)c(N)n1. The van der Waals surface area contributed by atoms with E-state index in [0.717, 1.165) is 5.75 Å². The molecule has 0 aliphatic rings. The van der Waals surface area contributed by atoms with Gasteiger partial charge in [0.05, 0.1) is 36.3 Å². The van der Waals surface area contributed by atoms with Gasteiger partial charge in [-0.3, -0.25) is 9.78 Å². The van der Waals surface area contributed by atoms with E-state index in [2.05, 4.69) is 15.3 Å². The minimum absolute atomic E-state index is 0.168. The molecule has 0 bridgehead atoms. The first-order valence-corrected chi connectivity index (χ1v) is 8.36. The Balaban J connectivity index is 1.57. The Morgan fingerprint density at radius 2 is 1.81 bits per heavy atom. The van der Waals surface area contributed by atoms with Gasteiger partial charge in [0.25, 0.3) is 5.91 Å². The number of carbonyl (C=O) groups is 1. The lowest BCUT2D eigenvalue weighted by molar-refractivity contribution is 0.0951. The van der Waals surface area contributed by atoms with E-state index < -0.39 is 0 Å². The minimum atomic E-state index is -0.310. The van der Waals surface area contributed by atoms with Crippen molar-refractivity contribution in [2.75, 3.05) is 12.8 Å². The highest BCUT2D eigenvalue weighted by molar-refractivity contribution is 5.98. The molecule has 3 rings (SSSR count). The molecule has 138 valence electrons. The summed E-state index contributed by atoms with van der Waals surface area (Å²) >= 11 is 0. The fourth-order valence-corrected chi connectivity index (χ4v) is 2.40. The minimum Gasteiger partial charge on any atom is -0.456 e. The van der Waals surface area contributed by atoms with E-state index in [1.807, 2.05) is 30.3 Å². The van der Waals surface area contributed by atoms with Gasteiger partial charge in [-0.15, -0.1) is 0 Å². The number of amides is 1. The summed E-state index contributed by atoms with van der Waals surface area (Å²) < 4.78 is 10.7. The van der Waals surface area contributed by atoms with Crippen LogP contribution < -0.4 is 15.8 Å². The number of nitrogens with one attached hydrogen (secondary N) is 1. The van der Waals surface area contributed by atoms with Gasteiger partial charge >= 0.3 is 0 Å². The lowest BCUT2D eigenvalue weighted by atomic mass is 10.2. The Morgan fingerprint density at radius 1 is 1.04 bits per heavy atom. The molecule has 1 aromatic carbocycles. The standard InChI is InChI=1S/C20H20N4O3/c1-26-13-15-8-10-18(19(21)24-15)20(25)23-11-14-7-9-17(12-22-14)27-16-5-3-2-4-6-16/h2-10,12H,11,13H2,1H3,(H2,21,24)(H,23,25). The molecule has 7 nitrogen and oxygen atoms in total. The van der Waals surface area contributed by atoms with Gasteiger partial charge < -0.3 is 20.5 Å². The van der Waals surface area contributed by atoms with Crippen molar-refractivity contribution in [3.8, 4) is 11.5 Å². The van der Waals surface area contributed by atoms with Crippen LogP contribution in [0.2, 0.25) is 0 Å². The van der Waals surface area contributed by atoms with E-state index in [1.165, 1.54) is 0 Å². The van der Waals surface area contributed by atoms with Gasteiger partial charge in [-0.2, -0.15) is 0 Å². The highest BCUT2D eigenvalue weighted by atomic mass is 16.5. The highest BCUT2D eigenvalue weighted by Crippen LogP contribution is 2.19. The number of rotatable bonds is 7. The number of benzene rings is 1. The maximum Gasteiger partial charge on any atom is 0.255 e. The van der Waals surface area contributed by atoms with Gasteiger partial charge in [-0.1, -0.05) is 18.2 Å². The lowest BCUT2D eigenvalue weighted by Gasteiger charge is -2.09. The van der Waals surface area contributed by atoms with Gasteiger partial charge in [0.1, 0.15) is 17.3 Å². The first-order valence-electron chi connectivity index (χ1n) is 8.36. The zero-order valence-corrected chi connectivity index (χ0v) is 14.9. The van der Waals surface area contributed by atoms with Crippen LogP contribution in [0, 0.1) is 0 Å². The molecule has 27 heavy (non-hydrogen) atoms. The summed E-state index contributed by atoms with van der Waals surface area (Å²) in [6.45, 7) is 0.608. The zero-order chi connectivity index (χ0) is 19.1. The number of pyridine rings is 2. The van der Waals surface area contributed by atoms with Crippen molar-refractivity contribution >= 4 is 11.7 Å². The number of nitrogen functional groups attached to an aromatic ring is 1. The molecule has 0 saturated heterocycles. The molecule has 0 fully saturated rings. The Bertz CT molecular complexity index is 899. The molecule has 1 amide bonds. The third-order valence-corrected chi connectivity index (χ3v) is 3.73. The Kier molecular flexibility index (Phi) is 5.96. The molecule has 2 aromatic heterocycles. The molecule has 0 aliphatic heterocycles. The maximum atomic E-state index is 12.3. The summed E-state index contributed by atoms with van der Waals surface area (Å²) in [6.07, 6.45) is 1.62. The largest absolute Gasteiger partial charge is 0.456 e. The summed E-state index contributed by atoms with van der Waals surface area (Å²) in [5, 5.41) is 2.78. The molecule has 0 aliphatic carbocycles. The number of anilines is 1. The first kappa shape index (κ1) is 18.3. The molecule has 0 saturated carbocycles. The van der Waals surface area contributed by atoms with Gasteiger partial charge in [0.15, 0.2) is 0 Å². The molecular formula is C20H20N4O3. The van der Waals surface area contributed by atoms with Crippen molar-refractivity contribution in [2.45, 2.75) is 13.2 Å². The van der Waals surface area contributed by atoms with Crippen molar-refractivity contribution in [1.82, 2.24) is 15.3 Å². The molecule has 7 heteroatoms. The summed E-state index contributed by atoms with van der Waals surface area (Å²) in [5.41, 5.74) is 7.54. The Hall–Kier alpha value is -3.45. The second-order valence-electron chi connectivity index (χ2n) is 5.75. The van der Waals surface area contributed by atoms with Crippen LogP contribution in [-0.2, 0) is 17.9 Å². The summed E-state index contributed by atoms with van der Waals surface area (Å²) in [7, 11) is 1.57. The fourth-order valence-electron chi connectivity index (χ4n) is 2.40. The molecular weight excluding hydrogens is 344 g/mol. The summed E-state index contributed by atoms with van der Waals surface area (Å²) in [4.78, 5) is 20.7. The smallest absolute Gasteiger partial charge is 0.255 e. The van der Waals surface area contributed by atoms with Gasteiger partial charge in [0.2, 0.25) is 0 Å². The Morgan fingerprint density at radius 3 is 2.48 bits per heavy atom. The molecule has 0 spiro atoms. The van der Waals surface area contributed by atoms with E-state index in [1.54, 1.807) is 37.6 Å². The van der Waals surface area contributed by atoms with E-state index in [4.69, 9.17) is 15.2 Å². The predicted octanol–water partition coefficient (Wildman–Crippen LogP) is 2.93. The molecule has 0 radical (unpaired) electrons. The van der Waals surface area contributed by atoms with Gasteiger partial charge in [0, 0.05) is 7.11 Å². The summed E-state index contributed by atoms with van der Waals surface area (Å²) in [6, 6.07) is 16.4. The number of hydrogen-bond donors (Lipinski definition) is 2. The van der Waals surface area contributed by atoms with Crippen LogP contribution >= 0.6 is 0 Å². The van der Waals surface area contributed by atoms with Crippen molar-refractivity contribution in [3.05, 3.63) is 77.7 Å². The third-order valence-electron chi connectivity index (χ3n) is 3.73. The predicted molar refractivity (Wildman–Crippen MR) is 101 cm³/mol. The number of aromatic nitrogens is 2. The molecule has 0 unspecified atom stereocenters. The van der Waals surface area contributed by atoms with Gasteiger partial charge in [-0.25, -0.2) is 4.98 Å². The van der Waals surface area contributed by atoms with Crippen LogP contribution in [0.4, 0.5) is 5.82 Å². The van der Waals surface area contributed by atoms with Crippen molar-refractivity contribution in [1.29, 1.82) is 0 Å². The van der Waals surface area contributed by atoms with Crippen molar-refractivity contribution in [2.24, 2.45) is 0 Å². The average Bonchev–Trinajstić information content (AvgIpc) is 2.68. The molecule has 0 atom stereocenters. The number of hydrogen-bond acceptors (Lipinski definition) is 6. The van der Waals surface area contributed by atoms with E-state index >= 15 is 0 Å². The number of carbonyl (C=O) groups excluding carboxylic acids is 1. The molecule has 3 N–H and O–H groups in total. The number of methoxy groups -OCH3 is 1. The summed E-state index contributed by atoms with van der Waals surface area (Å²) in [5.74, 6) is 1.22. The number of ether oxygens (including phenoxy) is 2. The first-order chi connectivity index (χ1) is 13.2. The normalized spacial score (nSPS) is 10.4. The zero-order valence-electron chi connectivity index (χ0n) is 14.9. The Labute approximate surface area is 157 Å². The van der Waals surface area contributed by atoms with Crippen LogP contribution in [0.25, 0.3) is 0 Å². The number of nitrogens with two attached hydrogens (primary N) is 1. The molecule has 2 heterocycles. The van der Waals surface area contributed by atoms with Crippen molar-refractivity contribution in [3.63, 3.8) is 0 Å².